The number of nitrogens with zero attached hydrogens (tertiary/aromatic N) is 4. The van der Waals surface area contributed by atoms with Crippen molar-refractivity contribution in [2.75, 3.05) is 18.9 Å². The average Bonchev–Trinajstić information content (AvgIpc) is 2.91. The Morgan fingerprint density at radius 3 is 2.61 bits per heavy atom. The summed E-state index contributed by atoms with van der Waals surface area (Å²) in [6.07, 6.45) is 0. The molecule has 0 atom stereocenters. The van der Waals surface area contributed by atoms with Gasteiger partial charge in [-0.1, -0.05) is 12.1 Å². The molecule has 1 aromatic carbocycles. The third-order valence-electron chi connectivity index (χ3n) is 4.93. The minimum Gasteiger partial charge on any atom is -0.332 e. The summed E-state index contributed by atoms with van der Waals surface area (Å²) in [5.41, 5.74) is 5.51. The largest absolute Gasteiger partial charge is 0.332 e. The molecule has 2 aromatic heterocycles. The molecule has 0 fully saturated rings. The van der Waals surface area contributed by atoms with E-state index in [0.29, 0.717) is 11.2 Å². The molecule has 0 aliphatic heterocycles. The molecule has 1 N–H and O–H groups in total. The Morgan fingerprint density at radius 1 is 1.18 bits per heavy atom. The highest BCUT2D eigenvalue weighted by atomic mass is 16.2. The summed E-state index contributed by atoms with van der Waals surface area (Å²) in [5.74, 6) is -0.475. The number of fused-ring (bicyclic) bond motifs is 1. The van der Waals surface area contributed by atoms with Crippen LogP contribution in [0.2, 0.25) is 0 Å². The fraction of sp³-hybridized carbons (Fsp3) is 0.333. The van der Waals surface area contributed by atoms with E-state index in [4.69, 9.17) is 0 Å². The maximum Gasteiger partial charge on any atom is 0.254 e. The van der Waals surface area contributed by atoms with Crippen molar-refractivity contribution in [3.05, 3.63) is 52.3 Å². The van der Waals surface area contributed by atoms with E-state index in [0.717, 1.165) is 33.6 Å². The molecule has 2 amide bonds. The van der Waals surface area contributed by atoms with Crippen LogP contribution in [0.3, 0.4) is 0 Å². The molecule has 0 unspecified atom stereocenters. The number of nitrogens with one attached hydrogen (secondary N) is 1. The topological polar surface area (TPSA) is 80.1 Å². The molecule has 0 saturated carbocycles. The second kappa shape index (κ2) is 7.42. The first-order valence-electron chi connectivity index (χ1n) is 9.11. The molecule has 3 aromatic rings. The van der Waals surface area contributed by atoms with Crippen molar-refractivity contribution in [2.24, 2.45) is 7.05 Å². The molecule has 0 spiro atoms. The van der Waals surface area contributed by atoms with E-state index >= 15 is 0 Å². The zero-order chi connectivity index (χ0) is 20.6. The molecule has 0 aliphatic rings. The van der Waals surface area contributed by atoms with Gasteiger partial charge in [-0.2, -0.15) is 5.10 Å². The van der Waals surface area contributed by atoms with Crippen LogP contribution in [0.15, 0.2) is 24.3 Å². The van der Waals surface area contributed by atoms with E-state index in [1.54, 1.807) is 24.8 Å². The van der Waals surface area contributed by atoms with Crippen LogP contribution < -0.4 is 5.32 Å². The van der Waals surface area contributed by atoms with E-state index in [2.05, 4.69) is 15.4 Å². The van der Waals surface area contributed by atoms with Crippen LogP contribution in [-0.4, -0.2) is 45.1 Å². The number of amides is 2. The lowest BCUT2D eigenvalue weighted by Gasteiger charge is -2.18. The number of aromatic nitrogens is 3. The molecule has 0 aliphatic carbocycles. The zero-order valence-corrected chi connectivity index (χ0v) is 17.1. The summed E-state index contributed by atoms with van der Waals surface area (Å²) in [6.45, 7) is 7.60. The summed E-state index contributed by atoms with van der Waals surface area (Å²) in [4.78, 5) is 31.5. The lowest BCUT2D eigenvalue weighted by Crippen LogP contribution is -2.35. The molecular formula is C21H25N5O2. The van der Waals surface area contributed by atoms with E-state index < -0.39 is 0 Å². The number of anilines is 1. The van der Waals surface area contributed by atoms with Gasteiger partial charge in [0.2, 0.25) is 5.91 Å². The smallest absolute Gasteiger partial charge is 0.254 e. The van der Waals surface area contributed by atoms with Crippen molar-refractivity contribution < 1.29 is 9.59 Å². The van der Waals surface area contributed by atoms with Gasteiger partial charge in [-0.05, 0) is 51.0 Å². The van der Waals surface area contributed by atoms with Gasteiger partial charge in [-0.3, -0.25) is 14.3 Å². The van der Waals surface area contributed by atoms with Crippen LogP contribution in [0.25, 0.3) is 11.0 Å². The molecule has 146 valence electrons. The Kier molecular flexibility index (Phi) is 5.18. The van der Waals surface area contributed by atoms with E-state index in [-0.39, 0.29) is 18.4 Å². The Labute approximate surface area is 164 Å². The van der Waals surface area contributed by atoms with Crippen LogP contribution >= 0.6 is 0 Å². The minimum atomic E-state index is -0.241. The highest BCUT2D eigenvalue weighted by Gasteiger charge is 2.22. The van der Waals surface area contributed by atoms with Gasteiger partial charge in [-0.25, -0.2) is 4.98 Å². The van der Waals surface area contributed by atoms with Crippen molar-refractivity contribution >= 4 is 28.5 Å². The lowest BCUT2D eigenvalue weighted by molar-refractivity contribution is -0.116. The van der Waals surface area contributed by atoms with Crippen LogP contribution in [0.4, 0.5) is 5.69 Å². The maximum atomic E-state index is 13.1. The predicted molar refractivity (Wildman–Crippen MR) is 109 cm³/mol. The Hall–Kier alpha value is -3.22. The predicted octanol–water partition coefficient (Wildman–Crippen LogP) is 2.91. The highest BCUT2D eigenvalue weighted by Crippen LogP contribution is 2.23. The molecule has 0 saturated heterocycles. The Morgan fingerprint density at radius 2 is 1.89 bits per heavy atom. The van der Waals surface area contributed by atoms with Gasteiger partial charge in [0.05, 0.1) is 23.2 Å². The third kappa shape index (κ3) is 3.60. The van der Waals surface area contributed by atoms with Crippen LogP contribution in [0.5, 0.6) is 0 Å². The molecule has 0 bridgehead atoms. The van der Waals surface area contributed by atoms with Crippen LogP contribution in [0.1, 0.15) is 32.9 Å². The summed E-state index contributed by atoms with van der Waals surface area (Å²) in [6, 6.07) is 7.50. The number of benzene rings is 1. The first-order valence-corrected chi connectivity index (χ1v) is 9.11. The molecule has 3 rings (SSSR count). The van der Waals surface area contributed by atoms with Gasteiger partial charge in [0.15, 0.2) is 5.65 Å². The summed E-state index contributed by atoms with van der Waals surface area (Å²) >= 11 is 0. The number of aryl methyl sites for hydroxylation is 4. The van der Waals surface area contributed by atoms with E-state index in [9.17, 15) is 9.59 Å². The molecule has 0 radical (unpaired) electrons. The molecule has 28 heavy (non-hydrogen) atoms. The second-order valence-electron chi connectivity index (χ2n) is 7.18. The van der Waals surface area contributed by atoms with Crippen LogP contribution in [0, 0.1) is 27.7 Å². The first kappa shape index (κ1) is 19.5. The van der Waals surface area contributed by atoms with Crippen molar-refractivity contribution in [3.63, 3.8) is 0 Å². The lowest BCUT2D eigenvalue weighted by atomic mass is 10.1. The number of hydrogen-bond acceptors (Lipinski definition) is 4. The number of rotatable bonds is 4. The average molecular weight is 379 g/mol. The summed E-state index contributed by atoms with van der Waals surface area (Å²) in [5, 5.41) is 7.99. The van der Waals surface area contributed by atoms with Crippen molar-refractivity contribution in [1.29, 1.82) is 0 Å². The minimum absolute atomic E-state index is 0.0472. The van der Waals surface area contributed by atoms with Gasteiger partial charge < -0.3 is 10.2 Å². The zero-order valence-electron chi connectivity index (χ0n) is 17.1. The van der Waals surface area contributed by atoms with Gasteiger partial charge in [0.25, 0.3) is 5.91 Å². The summed E-state index contributed by atoms with van der Waals surface area (Å²) in [7, 11) is 3.43. The van der Waals surface area contributed by atoms with Crippen molar-refractivity contribution in [1.82, 2.24) is 19.7 Å². The molecular weight excluding hydrogens is 354 g/mol. The SMILES string of the molecule is Cc1cc(C(=O)N(C)CC(=O)Nc2cccc(C)c2C)c2c(C)nn(C)c2n1. The number of carbonyl (C=O) groups is 2. The van der Waals surface area contributed by atoms with Gasteiger partial charge >= 0.3 is 0 Å². The van der Waals surface area contributed by atoms with Crippen molar-refractivity contribution in [3.8, 4) is 0 Å². The Balaban J connectivity index is 1.82. The second-order valence-corrected chi connectivity index (χ2v) is 7.18. The number of hydrogen-bond donors (Lipinski definition) is 1. The van der Waals surface area contributed by atoms with Gasteiger partial charge in [0.1, 0.15) is 0 Å². The van der Waals surface area contributed by atoms with Gasteiger partial charge in [0, 0.05) is 25.5 Å². The molecule has 2 heterocycles. The monoisotopic (exact) mass is 379 g/mol. The number of carbonyl (C=O) groups excluding carboxylic acids is 2. The standard InChI is InChI=1S/C21H25N5O2/c1-12-8-7-9-17(14(12)3)23-18(27)11-25(5)21(28)16-10-13(2)22-20-19(16)15(4)24-26(20)6/h7-10H,11H2,1-6H3,(H,23,27). The fourth-order valence-electron chi connectivity index (χ4n) is 3.31. The molecule has 7 nitrogen and oxygen atoms in total. The number of likely N-dealkylation sites (N-methyl/N-ethyl adjacent to an activating group) is 1. The normalized spacial score (nSPS) is 10.9. The third-order valence-corrected chi connectivity index (χ3v) is 4.93. The van der Waals surface area contributed by atoms with E-state index in [1.165, 1.54) is 4.90 Å². The van der Waals surface area contributed by atoms with Crippen molar-refractivity contribution in [2.45, 2.75) is 27.7 Å². The van der Waals surface area contributed by atoms with Gasteiger partial charge in [-0.15, -0.1) is 0 Å². The number of pyridine rings is 1. The quantitative estimate of drug-likeness (QED) is 0.756. The molecule has 7 heteroatoms. The van der Waals surface area contributed by atoms with E-state index in [1.807, 2.05) is 45.9 Å². The maximum absolute atomic E-state index is 13.1. The highest BCUT2D eigenvalue weighted by molar-refractivity contribution is 6.08. The fourth-order valence-corrected chi connectivity index (χ4v) is 3.31. The first-order chi connectivity index (χ1) is 13.2. The van der Waals surface area contributed by atoms with Crippen LogP contribution in [-0.2, 0) is 11.8 Å². The summed E-state index contributed by atoms with van der Waals surface area (Å²) < 4.78 is 1.67. The Bertz CT molecular complexity index is 1080.